The first-order valence-electron chi connectivity index (χ1n) is 17.3. The van der Waals surface area contributed by atoms with Crippen molar-refractivity contribution in [3.63, 3.8) is 0 Å². The Hall–Kier alpha value is -5.06. The quantitative estimate of drug-likeness (QED) is 0.268. The first-order chi connectivity index (χ1) is 24.2. The number of methoxy groups -OCH3 is 1. The fourth-order valence-corrected chi connectivity index (χ4v) is 6.89. The minimum atomic E-state index is -0.742. The Kier molecular flexibility index (Phi) is 12.4. The van der Waals surface area contributed by atoms with Crippen molar-refractivity contribution in [1.29, 1.82) is 0 Å². The standard InChI is InChI=1S/C39H48N4O7/c1-26(2)50-34-19-18-29(20-35(34)48-4)38(46)42-21-30-22-43(39(47)49-25-28-14-9-6-10-15-28)24-32(31(30)23-42)36(44)41-33(37(45)40-3)17-11-16-27-12-7-5-8-13-27/h5-10,12-15,18-20,26,30-33H,11,16-17,21-25H2,1-4H3,(H,40,45)(H,41,44)/t30?,31?,32?,33-/m0/s1. The van der Waals surface area contributed by atoms with Gasteiger partial charge in [0.1, 0.15) is 12.6 Å². The highest BCUT2D eigenvalue weighted by Gasteiger charge is 2.48. The van der Waals surface area contributed by atoms with Gasteiger partial charge in [-0.05, 0) is 74.3 Å². The zero-order valence-corrected chi connectivity index (χ0v) is 29.3. The Morgan fingerprint density at radius 2 is 1.52 bits per heavy atom. The Labute approximate surface area is 294 Å². The number of carbonyl (C=O) groups is 4. The fraction of sp³-hybridized carbons (Fsp3) is 0.436. The number of nitrogens with zero attached hydrogens (tertiary/aromatic N) is 2. The van der Waals surface area contributed by atoms with Crippen molar-refractivity contribution in [2.75, 3.05) is 40.3 Å². The number of hydrogen-bond donors (Lipinski definition) is 2. The lowest BCUT2D eigenvalue weighted by molar-refractivity contribution is -0.134. The molecule has 50 heavy (non-hydrogen) atoms. The maximum absolute atomic E-state index is 14.1. The summed E-state index contributed by atoms with van der Waals surface area (Å²) in [5.41, 5.74) is 2.45. The predicted octanol–water partition coefficient (Wildman–Crippen LogP) is 4.69. The summed E-state index contributed by atoms with van der Waals surface area (Å²) >= 11 is 0. The van der Waals surface area contributed by atoms with Crippen LogP contribution in [-0.4, -0.2) is 86.1 Å². The molecule has 4 atom stereocenters. The number of fused-ring (bicyclic) bond motifs is 1. The summed E-state index contributed by atoms with van der Waals surface area (Å²) in [6.45, 7) is 5.08. The molecule has 4 amide bonds. The highest BCUT2D eigenvalue weighted by molar-refractivity contribution is 5.95. The Morgan fingerprint density at radius 1 is 0.840 bits per heavy atom. The molecule has 11 nitrogen and oxygen atoms in total. The van der Waals surface area contributed by atoms with E-state index in [9.17, 15) is 19.2 Å². The zero-order valence-electron chi connectivity index (χ0n) is 29.3. The fourth-order valence-electron chi connectivity index (χ4n) is 6.89. The highest BCUT2D eigenvalue weighted by Crippen LogP contribution is 2.37. The van der Waals surface area contributed by atoms with Crippen molar-refractivity contribution in [1.82, 2.24) is 20.4 Å². The van der Waals surface area contributed by atoms with Crippen molar-refractivity contribution < 1.29 is 33.4 Å². The van der Waals surface area contributed by atoms with Gasteiger partial charge in [-0.3, -0.25) is 14.4 Å². The Morgan fingerprint density at radius 3 is 2.18 bits per heavy atom. The molecule has 0 spiro atoms. The summed E-state index contributed by atoms with van der Waals surface area (Å²) < 4.78 is 17.0. The monoisotopic (exact) mass is 684 g/mol. The first-order valence-corrected chi connectivity index (χ1v) is 17.3. The number of hydrogen-bond acceptors (Lipinski definition) is 7. The maximum Gasteiger partial charge on any atom is 0.410 e. The molecular formula is C39H48N4O7. The number of rotatable bonds is 13. The van der Waals surface area contributed by atoms with E-state index in [0.29, 0.717) is 49.5 Å². The van der Waals surface area contributed by atoms with E-state index in [4.69, 9.17) is 14.2 Å². The maximum atomic E-state index is 14.1. The summed E-state index contributed by atoms with van der Waals surface area (Å²) in [6, 6.07) is 23.8. The number of likely N-dealkylation sites (tertiary alicyclic amines) is 2. The van der Waals surface area contributed by atoms with Gasteiger partial charge in [0.25, 0.3) is 5.91 Å². The van der Waals surface area contributed by atoms with Gasteiger partial charge in [0, 0.05) is 38.8 Å². The summed E-state index contributed by atoms with van der Waals surface area (Å²) in [6.07, 6.45) is 1.33. The SMILES string of the molecule is CNC(=O)[C@H](CCCc1ccccc1)NC(=O)C1CN(C(=O)OCc2ccccc2)CC2CN(C(=O)c3ccc(OC(C)C)c(OC)c3)CC21. The number of likely N-dealkylation sites (N-methyl/N-ethyl adjacent to an activating group) is 1. The summed E-state index contributed by atoms with van der Waals surface area (Å²) in [7, 11) is 3.08. The van der Waals surface area contributed by atoms with Crippen molar-refractivity contribution in [3.05, 3.63) is 95.6 Å². The van der Waals surface area contributed by atoms with Crippen molar-refractivity contribution in [2.24, 2.45) is 17.8 Å². The van der Waals surface area contributed by atoms with E-state index >= 15 is 0 Å². The summed E-state index contributed by atoms with van der Waals surface area (Å²) in [5.74, 6) is -0.848. The van der Waals surface area contributed by atoms with Crippen LogP contribution in [0.3, 0.4) is 0 Å². The number of benzene rings is 3. The lowest BCUT2D eigenvalue weighted by Gasteiger charge is -2.39. The van der Waals surface area contributed by atoms with Crippen LogP contribution >= 0.6 is 0 Å². The van der Waals surface area contributed by atoms with Crippen LogP contribution in [-0.2, 0) is 27.4 Å². The van der Waals surface area contributed by atoms with Crippen LogP contribution in [0, 0.1) is 17.8 Å². The summed E-state index contributed by atoms with van der Waals surface area (Å²) in [4.78, 5) is 57.6. The van der Waals surface area contributed by atoms with Crippen molar-refractivity contribution in [3.8, 4) is 11.5 Å². The minimum absolute atomic E-state index is 0.0653. The van der Waals surface area contributed by atoms with Crippen molar-refractivity contribution in [2.45, 2.75) is 51.9 Å². The number of amides is 4. The molecule has 3 aromatic carbocycles. The average Bonchev–Trinajstić information content (AvgIpc) is 3.57. The van der Waals surface area contributed by atoms with Gasteiger partial charge >= 0.3 is 6.09 Å². The number of nitrogens with one attached hydrogen (secondary N) is 2. The average molecular weight is 685 g/mol. The third-order valence-corrected chi connectivity index (χ3v) is 9.42. The molecular weight excluding hydrogens is 636 g/mol. The normalized spacial score (nSPS) is 18.9. The van der Waals surface area contributed by atoms with Crippen LogP contribution in [0.2, 0.25) is 0 Å². The van der Waals surface area contributed by atoms with Crippen LogP contribution in [0.25, 0.3) is 0 Å². The van der Waals surface area contributed by atoms with Gasteiger partial charge in [-0.1, -0.05) is 60.7 Å². The smallest absolute Gasteiger partial charge is 0.410 e. The molecule has 0 radical (unpaired) electrons. The molecule has 3 aromatic rings. The van der Waals surface area contributed by atoms with Gasteiger partial charge in [-0.25, -0.2) is 4.79 Å². The third-order valence-electron chi connectivity index (χ3n) is 9.42. The molecule has 2 N–H and O–H groups in total. The molecule has 2 heterocycles. The molecule has 2 fully saturated rings. The van der Waals surface area contributed by atoms with E-state index in [1.807, 2.05) is 74.5 Å². The lowest BCUT2D eigenvalue weighted by Crippen LogP contribution is -2.56. The number of piperidine rings is 1. The number of aryl methyl sites for hydroxylation is 1. The molecule has 0 aliphatic carbocycles. The van der Waals surface area contributed by atoms with Gasteiger partial charge in [-0.2, -0.15) is 0 Å². The molecule has 0 bridgehead atoms. The van der Waals surface area contributed by atoms with Crippen LogP contribution < -0.4 is 20.1 Å². The van der Waals surface area contributed by atoms with Crippen LogP contribution in [0.5, 0.6) is 11.5 Å². The van der Waals surface area contributed by atoms with Crippen LogP contribution in [0.15, 0.2) is 78.9 Å². The van der Waals surface area contributed by atoms with Gasteiger partial charge in [0.2, 0.25) is 11.8 Å². The molecule has 11 heteroatoms. The largest absolute Gasteiger partial charge is 0.493 e. The molecule has 0 saturated carbocycles. The lowest BCUT2D eigenvalue weighted by atomic mass is 9.79. The molecule has 2 saturated heterocycles. The van der Waals surface area contributed by atoms with E-state index in [1.165, 1.54) is 7.11 Å². The first kappa shape index (κ1) is 36.2. The van der Waals surface area contributed by atoms with Gasteiger partial charge < -0.3 is 34.6 Å². The van der Waals surface area contributed by atoms with Crippen LogP contribution in [0.4, 0.5) is 4.79 Å². The molecule has 266 valence electrons. The molecule has 2 aliphatic rings. The number of ether oxygens (including phenoxy) is 3. The van der Waals surface area contributed by atoms with E-state index in [-0.39, 0.29) is 48.8 Å². The molecule has 5 rings (SSSR count). The van der Waals surface area contributed by atoms with Gasteiger partial charge in [-0.15, -0.1) is 0 Å². The van der Waals surface area contributed by atoms with E-state index in [2.05, 4.69) is 10.6 Å². The van der Waals surface area contributed by atoms with E-state index < -0.39 is 18.1 Å². The second-order valence-electron chi connectivity index (χ2n) is 13.3. The topological polar surface area (TPSA) is 127 Å². The molecule has 2 aliphatic heterocycles. The van der Waals surface area contributed by atoms with E-state index in [1.54, 1.807) is 35.0 Å². The Balaban J connectivity index is 1.33. The number of carbonyl (C=O) groups excluding carboxylic acids is 4. The molecule has 0 aromatic heterocycles. The third kappa shape index (κ3) is 9.13. The Bertz CT molecular complexity index is 1620. The second-order valence-corrected chi connectivity index (χ2v) is 13.3. The second kappa shape index (κ2) is 17.0. The van der Waals surface area contributed by atoms with Gasteiger partial charge in [0.15, 0.2) is 11.5 Å². The summed E-state index contributed by atoms with van der Waals surface area (Å²) in [5, 5.41) is 5.68. The minimum Gasteiger partial charge on any atom is -0.493 e. The highest BCUT2D eigenvalue weighted by atomic mass is 16.6. The van der Waals surface area contributed by atoms with Crippen LogP contribution in [0.1, 0.15) is 48.2 Å². The molecule has 3 unspecified atom stereocenters. The zero-order chi connectivity index (χ0) is 35.6. The van der Waals surface area contributed by atoms with E-state index in [0.717, 1.165) is 17.5 Å². The van der Waals surface area contributed by atoms with Crippen molar-refractivity contribution >= 4 is 23.8 Å². The predicted molar refractivity (Wildman–Crippen MR) is 189 cm³/mol. The van der Waals surface area contributed by atoms with Gasteiger partial charge in [0.05, 0.1) is 19.1 Å².